The van der Waals surface area contributed by atoms with Gasteiger partial charge in [-0.2, -0.15) is 0 Å². The molecule has 0 unspecified atom stereocenters. The minimum absolute atomic E-state index is 0.0395. The van der Waals surface area contributed by atoms with Crippen LogP contribution in [0.5, 0.6) is 5.75 Å². The van der Waals surface area contributed by atoms with Crippen molar-refractivity contribution in [2.75, 3.05) is 26.4 Å². The van der Waals surface area contributed by atoms with E-state index >= 15 is 0 Å². The van der Waals surface area contributed by atoms with E-state index in [0.717, 1.165) is 5.75 Å². The fourth-order valence-electron chi connectivity index (χ4n) is 1.31. The van der Waals surface area contributed by atoms with Gasteiger partial charge in [0.15, 0.2) is 0 Å². The van der Waals surface area contributed by atoms with Crippen molar-refractivity contribution >= 4 is 0 Å². The SMILES string of the molecule is CCOCC(COCC)Oc1ccccc1. The molecule has 0 atom stereocenters. The van der Waals surface area contributed by atoms with Crippen LogP contribution < -0.4 is 4.74 Å². The van der Waals surface area contributed by atoms with E-state index in [-0.39, 0.29) is 6.10 Å². The molecule has 1 aromatic carbocycles. The normalized spacial score (nSPS) is 10.7. The third-order valence-corrected chi connectivity index (χ3v) is 2.06. The van der Waals surface area contributed by atoms with E-state index < -0.39 is 0 Å². The van der Waals surface area contributed by atoms with E-state index in [4.69, 9.17) is 14.2 Å². The van der Waals surface area contributed by atoms with Crippen molar-refractivity contribution in [3.8, 4) is 5.75 Å². The van der Waals surface area contributed by atoms with Crippen molar-refractivity contribution in [1.82, 2.24) is 0 Å². The second-order valence-electron chi connectivity index (χ2n) is 3.37. The summed E-state index contributed by atoms with van der Waals surface area (Å²) in [6.45, 7) is 6.46. The van der Waals surface area contributed by atoms with E-state index in [9.17, 15) is 0 Å². The Kier molecular flexibility index (Phi) is 6.61. The third kappa shape index (κ3) is 5.14. The minimum atomic E-state index is -0.0395. The molecule has 0 radical (unpaired) electrons. The maximum atomic E-state index is 5.77. The van der Waals surface area contributed by atoms with Crippen LogP contribution in [0.15, 0.2) is 30.3 Å². The van der Waals surface area contributed by atoms with Gasteiger partial charge in [-0.25, -0.2) is 0 Å². The number of benzene rings is 1. The van der Waals surface area contributed by atoms with Gasteiger partial charge in [-0.15, -0.1) is 0 Å². The minimum Gasteiger partial charge on any atom is -0.486 e. The molecule has 3 nitrogen and oxygen atoms in total. The maximum Gasteiger partial charge on any atom is 0.145 e. The highest BCUT2D eigenvalue weighted by Gasteiger charge is 2.10. The molecule has 0 spiro atoms. The van der Waals surface area contributed by atoms with Gasteiger partial charge in [0.1, 0.15) is 11.9 Å². The summed E-state index contributed by atoms with van der Waals surface area (Å²) in [7, 11) is 0. The van der Waals surface area contributed by atoms with Crippen LogP contribution in [0.2, 0.25) is 0 Å². The molecular formula is C13H20O3. The highest BCUT2D eigenvalue weighted by atomic mass is 16.6. The van der Waals surface area contributed by atoms with E-state index in [1.807, 2.05) is 44.2 Å². The standard InChI is InChI=1S/C13H20O3/c1-3-14-10-13(11-15-4-2)16-12-8-6-5-7-9-12/h5-9,13H,3-4,10-11H2,1-2H3. The molecule has 0 aliphatic carbocycles. The zero-order valence-corrected chi connectivity index (χ0v) is 10.0. The lowest BCUT2D eigenvalue weighted by Crippen LogP contribution is -2.28. The van der Waals surface area contributed by atoms with Gasteiger partial charge in [-0.05, 0) is 26.0 Å². The lowest BCUT2D eigenvalue weighted by molar-refractivity contribution is -0.000251. The number of para-hydroxylation sites is 1. The summed E-state index contributed by atoms with van der Waals surface area (Å²) in [6.07, 6.45) is -0.0395. The summed E-state index contributed by atoms with van der Waals surface area (Å²) in [4.78, 5) is 0. The second kappa shape index (κ2) is 8.13. The Morgan fingerprint density at radius 1 is 0.938 bits per heavy atom. The van der Waals surface area contributed by atoms with Gasteiger partial charge >= 0.3 is 0 Å². The number of hydrogen-bond acceptors (Lipinski definition) is 3. The summed E-state index contributed by atoms with van der Waals surface area (Å²) in [5.74, 6) is 0.854. The molecule has 16 heavy (non-hydrogen) atoms. The van der Waals surface area contributed by atoms with E-state index in [1.54, 1.807) is 0 Å². The molecule has 90 valence electrons. The molecule has 0 aliphatic heterocycles. The summed E-state index contributed by atoms with van der Waals surface area (Å²) in [5.41, 5.74) is 0. The molecule has 0 N–H and O–H groups in total. The molecule has 1 aromatic rings. The van der Waals surface area contributed by atoms with Gasteiger partial charge in [0.25, 0.3) is 0 Å². The Balaban J connectivity index is 2.42. The first-order valence-electron chi connectivity index (χ1n) is 5.74. The fourth-order valence-corrected chi connectivity index (χ4v) is 1.31. The van der Waals surface area contributed by atoms with Crippen LogP contribution in [0.3, 0.4) is 0 Å². The molecule has 0 amide bonds. The van der Waals surface area contributed by atoms with Gasteiger partial charge < -0.3 is 14.2 Å². The van der Waals surface area contributed by atoms with Crippen molar-refractivity contribution in [3.05, 3.63) is 30.3 Å². The van der Waals surface area contributed by atoms with Crippen molar-refractivity contribution in [2.24, 2.45) is 0 Å². The van der Waals surface area contributed by atoms with Crippen LogP contribution in [0.1, 0.15) is 13.8 Å². The van der Waals surface area contributed by atoms with Gasteiger partial charge in [-0.1, -0.05) is 18.2 Å². The van der Waals surface area contributed by atoms with Crippen LogP contribution in [0.4, 0.5) is 0 Å². The Morgan fingerprint density at radius 3 is 2.00 bits per heavy atom. The predicted octanol–water partition coefficient (Wildman–Crippen LogP) is 2.51. The molecular weight excluding hydrogens is 204 g/mol. The van der Waals surface area contributed by atoms with E-state index in [2.05, 4.69) is 0 Å². The van der Waals surface area contributed by atoms with Crippen LogP contribution in [-0.4, -0.2) is 32.5 Å². The average Bonchev–Trinajstić information content (AvgIpc) is 2.34. The van der Waals surface area contributed by atoms with Crippen LogP contribution in [-0.2, 0) is 9.47 Å². The van der Waals surface area contributed by atoms with E-state index in [0.29, 0.717) is 26.4 Å². The monoisotopic (exact) mass is 224 g/mol. The predicted molar refractivity (Wildman–Crippen MR) is 63.8 cm³/mol. The Labute approximate surface area is 97.3 Å². The number of ether oxygens (including phenoxy) is 3. The van der Waals surface area contributed by atoms with Crippen LogP contribution in [0, 0.1) is 0 Å². The molecule has 0 aromatic heterocycles. The maximum absolute atomic E-state index is 5.77. The van der Waals surface area contributed by atoms with E-state index in [1.165, 1.54) is 0 Å². The fraction of sp³-hybridized carbons (Fsp3) is 0.538. The lowest BCUT2D eigenvalue weighted by atomic mass is 10.3. The Bertz CT molecular complexity index is 253. The number of hydrogen-bond donors (Lipinski definition) is 0. The first-order valence-corrected chi connectivity index (χ1v) is 5.74. The smallest absolute Gasteiger partial charge is 0.145 e. The molecule has 0 bridgehead atoms. The van der Waals surface area contributed by atoms with Crippen molar-refractivity contribution < 1.29 is 14.2 Å². The Morgan fingerprint density at radius 2 is 1.50 bits per heavy atom. The molecule has 1 rings (SSSR count). The van der Waals surface area contributed by atoms with Gasteiger partial charge in [-0.3, -0.25) is 0 Å². The zero-order valence-electron chi connectivity index (χ0n) is 10.0. The summed E-state index contributed by atoms with van der Waals surface area (Å²) in [5, 5.41) is 0. The van der Waals surface area contributed by atoms with Crippen molar-refractivity contribution in [1.29, 1.82) is 0 Å². The van der Waals surface area contributed by atoms with Crippen LogP contribution >= 0.6 is 0 Å². The first kappa shape index (κ1) is 13.0. The highest BCUT2D eigenvalue weighted by molar-refractivity contribution is 5.21. The summed E-state index contributed by atoms with van der Waals surface area (Å²) < 4.78 is 16.5. The number of rotatable bonds is 8. The quantitative estimate of drug-likeness (QED) is 0.679. The molecule has 3 heteroatoms. The lowest BCUT2D eigenvalue weighted by Gasteiger charge is -2.18. The third-order valence-electron chi connectivity index (χ3n) is 2.06. The Hall–Kier alpha value is -1.06. The van der Waals surface area contributed by atoms with Gasteiger partial charge in [0, 0.05) is 13.2 Å². The highest BCUT2D eigenvalue weighted by Crippen LogP contribution is 2.11. The topological polar surface area (TPSA) is 27.7 Å². The van der Waals surface area contributed by atoms with Crippen LogP contribution in [0.25, 0.3) is 0 Å². The molecule has 0 saturated carbocycles. The van der Waals surface area contributed by atoms with Gasteiger partial charge in [0.05, 0.1) is 13.2 Å². The first-order chi connectivity index (χ1) is 7.86. The van der Waals surface area contributed by atoms with Crippen molar-refractivity contribution in [3.63, 3.8) is 0 Å². The molecule has 0 fully saturated rings. The zero-order chi connectivity index (χ0) is 11.6. The largest absolute Gasteiger partial charge is 0.486 e. The molecule has 0 heterocycles. The average molecular weight is 224 g/mol. The second-order valence-corrected chi connectivity index (χ2v) is 3.37. The summed E-state index contributed by atoms with van der Waals surface area (Å²) >= 11 is 0. The van der Waals surface area contributed by atoms with Crippen molar-refractivity contribution in [2.45, 2.75) is 20.0 Å². The van der Waals surface area contributed by atoms with Gasteiger partial charge in [0.2, 0.25) is 0 Å². The molecule has 0 aliphatic rings. The summed E-state index contributed by atoms with van der Waals surface area (Å²) in [6, 6.07) is 9.74. The molecule has 0 saturated heterocycles.